The maximum Gasteiger partial charge on any atom is 0.147 e. The summed E-state index contributed by atoms with van der Waals surface area (Å²) in [7, 11) is 1.64. The van der Waals surface area contributed by atoms with Crippen molar-refractivity contribution >= 4 is 0 Å². The zero-order valence-corrected chi connectivity index (χ0v) is 11.3. The molecule has 0 radical (unpaired) electrons. The summed E-state index contributed by atoms with van der Waals surface area (Å²) in [5, 5.41) is 0. The van der Waals surface area contributed by atoms with Crippen molar-refractivity contribution in [1.29, 1.82) is 0 Å². The molecule has 3 heteroatoms. The maximum absolute atomic E-state index is 5.90. The maximum atomic E-state index is 5.90. The van der Waals surface area contributed by atoms with Gasteiger partial charge in [0, 0.05) is 20.0 Å². The fourth-order valence-electron chi connectivity index (χ4n) is 2.27. The van der Waals surface area contributed by atoms with Crippen LogP contribution in [0.5, 0.6) is 0 Å². The van der Waals surface area contributed by atoms with Crippen LogP contribution in [-0.2, 0) is 22.3 Å². The Labute approximate surface area is 109 Å². The highest BCUT2D eigenvalue weighted by Crippen LogP contribution is 2.20. The van der Waals surface area contributed by atoms with Gasteiger partial charge in [0.15, 0.2) is 0 Å². The molecule has 18 heavy (non-hydrogen) atoms. The van der Waals surface area contributed by atoms with Crippen molar-refractivity contribution in [3.63, 3.8) is 0 Å². The first-order chi connectivity index (χ1) is 8.79. The first-order valence-electron chi connectivity index (χ1n) is 6.65. The van der Waals surface area contributed by atoms with E-state index in [0.717, 1.165) is 30.8 Å². The fraction of sp³-hybridized carbons (Fsp3) is 0.600. The van der Waals surface area contributed by atoms with E-state index < -0.39 is 0 Å². The third-order valence-electron chi connectivity index (χ3n) is 3.25. The van der Waals surface area contributed by atoms with Crippen LogP contribution < -0.4 is 0 Å². The van der Waals surface area contributed by atoms with E-state index in [1.807, 2.05) is 0 Å². The minimum Gasteiger partial charge on any atom is -0.466 e. The molecule has 0 amide bonds. The Balaban J connectivity index is 2.10. The normalized spacial score (nSPS) is 22.4. The summed E-state index contributed by atoms with van der Waals surface area (Å²) in [4.78, 5) is 0. The minimum absolute atomic E-state index is 0.0430. The molecule has 0 aromatic carbocycles. The quantitative estimate of drug-likeness (QED) is 0.608. The molecule has 1 unspecified atom stereocenters. The van der Waals surface area contributed by atoms with Crippen molar-refractivity contribution in [3.8, 4) is 0 Å². The van der Waals surface area contributed by atoms with Crippen LogP contribution in [0.2, 0.25) is 0 Å². The largest absolute Gasteiger partial charge is 0.466 e. The number of aryl methyl sites for hydroxylation is 2. The smallest absolute Gasteiger partial charge is 0.147 e. The summed E-state index contributed by atoms with van der Waals surface area (Å²) in [6.45, 7) is 2.44. The molecule has 0 fully saturated rings. The van der Waals surface area contributed by atoms with E-state index in [4.69, 9.17) is 13.9 Å². The highest BCUT2D eigenvalue weighted by atomic mass is 16.7. The van der Waals surface area contributed by atoms with Crippen LogP contribution in [0.4, 0.5) is 0 Å². The molecule has 0 N–H and O–H groups in total. The van der Waals surface area contributed by atoms with E-state index in [0.29, 0.717) is 6.79 Å². The van der Waals surface area contributed by atoms with Gasteiger partial charge in [0.25, 0.3) is 0 Å². The molecular weight excluding hydrogens is 228 g/mol. The summed E-state index contributed by atoms with van der Waals surface area (Å²) in [5.41, 5.74) is 1.26. The van der Waals surface area contributed by atoms with E-state index in [2.05, 4.69) is 25.1 Å². The van der Waals surface area contributed by atoms with Crippen LogP contribution in [0.1, 0.15) is 36.3 Å². The number of fused-ring (bicyclic) bond motifs is 2. The number of furan rings is 1. The van der Waals surface area contributed by atoms with E-state index in [-0.39, 0.29) is 6.10 Å². The third-order valence-corrected chi connectivity index (χ3v) is 3.25. The molecule has 2 bridgehead atoms. The topological polar surface area (TPSA) is 31.6 Å². The lowest BCUT2D eigenvalue weighted by Crippen LogP contribution is -2.14. The number of hydrogen-bond acceptors (Lipinski definition) is 3. The SMILES string of the molecule is COCOC1/C=C/CCCCc2oc(cc2C)C1. The van der Waals surface area contributed by atoms with Crippen molar-refractivity contribution in [2.24, 2.45) is 0 Å². The zero-order chi connectivity index (χ0) is 12.8. The lowest BCUT2D eigenvalue weighted by molar-refractivity contribution is -0.0561. The van der Waals surface area contributed by atoms with E-state index in [1.54, 1.807) is 7.11 Å². The Kier molecular flexibility index (Phi) is 5.02. The number of rotatable bonds is 3. The van der Waals surface area contributed by atoms with Crippen LogP contribution in [0, 0.1) is 6.92 Å². The van der Waals surface area contributed by atoms with Crippen LogP contribution in [-0.4, -0.2) is 20.0 Å². The van der Waals surface area contributed by atoms with Gasteiger partial charge in [-0.1, -0.05) is 12.2 Å². The highest BCUT2D eigenvalue weighted by Gasteiger charge is 2.13. The average Bonchev–Trinajstić information content (AvgIpc) is 2.67. The number of allylic oxidation sites excluding steroid dienone is 1. The minimum atomic E-state index is 0.0430. The van der Waals surface area contributed by atoms with Gasteiger partial charge in [-0.15, -0.1) is 0 Å². The number of methoxy groups -OCH3 is 1. The molecule has 1 aromatic rings. The van der Waals surface area contributed by atoms with Crippen molar-refractivity contribution in [2.75, 3.05) is 13.9 Å². The molecule has 1 aliphatic rings. The van der Waals surface area contributed by atoms with Gasteiger partial charge in [-0.05, 0) is 37.8 Å². The monoisotopic (exact) mass is 250 g/mol. The second-order valence-electron chi connectivity index (χ2n) is 4.81. The summed E-state index contributed by atoms with van der Waals surface area (Å²) < 4.78 is 16.5. The molecule has 3 nitrogen and oxygen atoms in total. The van der Waals surface area contributed by atoms with Crippen LogP contribution >= 0.6 is 0 Å². The molecule has 1 aromatic heterocycles. The van der Waals surface area contributed by atoms with Gasteiger partial charge in [0.2, 0.25) is 0 Å². The van der Waals surface area contributed by atoms with Gasteiger partial charge >= 0.3 is 0 Å². The summed E-state index contributed by atoms with van der Waals surface area (Å²) in [5.74, 6) is 2.15. The Morgan fingerprint density at radius 3 is 3.11 bits per heavy atom. The van der Waals surface area contributed by atoms with E-state index in [1.165, 1.54) is 18.4 Å². The average molecular weight is 250 g/mol. The van der Waals surface area contributed by atoms with Gasteiger partial charge in [0.05, 0.1) is 6.10 Å². The second kappa shape index (κ2) is 6.76. The molecule has 1 aliphatic heterocycles. The Morgan fingerprint density at radius 2 is 2.28 bits per heavy atom. The summed E-state index contributed by atoms with van der Waals surface area (Å²) >= 11 is 0. The summed E-state index contributed by atoms with van der Waals surface area (Å²) in [6, 6.07) is 2.13. The van der Waals surface area contributed by atoms with Crippen molar-refractivity contribution in [2.45, 2.75) is 45.1 Å². The van der Waals surface area contributed by atoms with Gasteiger partial charge in [-0.25, -0.2) is 0 Å². The lowest BCUT2D eigenvalue weighted by Gasteiger charge is -2.12. The molecular formula is C15H22O3. The fourth-order valence-corrected chi connectivity index (χ4v) is 2.27. The lowest BCUT2D eigenvalue weighted by atomic mass is 10.1. The molecule has 1 atom stereocenters. The van der Waals surface area contributed by atoms with Crippen molar-refractivity contribution in [3.05, 3.63) is 35.3 Å². The molecule has 100 valence electrons. The van der Waals surface area contributed by atoms with Crippen LogP contribution in [0.15, 0.2) is 22.6 Å². The number of hydrogen-bond donors (Lipinski definition) is 0. The van der Waals surface area contributed by atoms with Gasteiger partial charge in [0.1, 0.15) is 18.3 Å². The highest BCUT2D eigenvalue weighted by molar-refractivity contribution is 5.21. The molecule has 2 rings (SSSR count). The Hall–Kier alpha value is -1.06. The molecule has 0 saturated heterocycles. The standard InChI is InChI=1S/C15H22O3/c1-12-9-14-10-13(17-11-16-2)7-5-3-4-6-8-15(12)18-14/h5,7,9,13H,3-4,6,8,10-11H2,1-2H3/b7-5+. The second-order valence-corrected chi connectivity index (χ2v) is 4.81. The third kappa shape index (κ3) is 3.72. The molecule has 2 heterocycles. The van der Waals surface area contributed by atoms with Crippen molar-refractivity contribution in [1.82, 2.24) is 0 Å². The van der Waals surface area contributed by atoms with Crippen LogP contribution in [0.3, 0.4) is 0 Å². The van der Waals surface area contributed by atoms with E-state index in [9.17, 15) is 0 Å². The van der Waals surface area contributed by atoms with Gasteiger partial charge < -0.3 is 13.9 Å². The molecule has 0 saturated carbocycles. The molecule has 0 aliphatic carbocycles. The van der Waals surface area contributed by atoms with Gasteiger partial charge in [-0.2, -0.15) is 0 Å². The van der Waals surface area contributed by atoms with Crippen LogP contribution in [0.25, 0.3) is 0 Å². The summed E-state index contributed by atoms with van der Waals surface area (Å²) in [6.07, 6.45) is 9.69. The first-order valence-corrected chi connectivity index (χ1v) is 6.65. The first kappa shape index (κ1) is 13.4. The predicted octanol–water partition coefficient (Wildman–Crippen LogP) is 3.40. The molecule has 0 spiro atoms. The van der Waals surface area contributed by atoms with Gasteiger partial charge in [-0.3, -0.25) is 0 Å². The van der Waals surface area contributed by atoms with E-state index >= 15 is 0 Å². The zero-order valence-electron chi connectivity index (χ0n) is 11.3. The van der Waals surface area contributed by atoms with Crippen molar-refractivity contribution < 1.29 is 13.9 Å². The Bertz CT molecular complexity index is 392. The number of ether oxygens (including phenoxy) is 2. The Morgan fingerprint density at radius 1 is 1.39 bits per heavy atom. The predicted molar refractivity (Wildman–Crippen MR) is 70.6 cm³/mol.